The largest absolute Gasteiger partial charge is 0.419 e. The van der Waals surface area contributed by atoms with Crippen LogP contribution in [0.1, 0.15) is 23.1 Å². The van der Waals surface area contributed by atoms with Gasteiger partial charge in [-0.3, -0.25) is 0 Å². The topological polar surface area (TPSA) is 51.0 Å². The van der Waals surface area contributed by atoms with Gasteiger partial charge < -0.3 is 9.73 Å². The van der Waals surface area contributed by atoms with Gasteiger partial charge in [0.05, 0.1) is 5.56 Å². The van der Waals surface area contributed by atoms with E-state index in [2.05, 4.69) is 20.9 Å². The van der Waals surface area contributed by atoms with Crippen molar-refractivity contribution >= 4 is 11.3 Å². The summed E-state index contributed by atoms with van der Waals surface area (Å²) >= 11 is 1.64. The smallest absolute Gasteiger partial charge is 0.248 e. The molecule has 102 valence electrons. The van der Waals surface area contributed by atoms with Crippen LogP contribution in [0.2, 0.25) is 0 Å². The van der Waals surface area contributed by atoms with Gasteiger partial charge in [-0.05, 0) is 30.5 Å². The standard InChI is InChI=1S/C15H15N3OS/c1-10-8-20-9-12(10)14-17-18-15(19-14)13(16-2)11-6-4-3-5-7-11/h3-9,13,16H,1-2H3. The lowest BCUT2D eigenvalue weighted by Crippen LogP contribution is -2.17. The summed E-state index contributed by atoms with van der Waals surface area (Å²) in [5, 5.41) is 15.7. The van der Waals surface area contributed by atoms with Gasteiger partial charge in [-0.25, -0.2) is 0 Å². The molecule has 3 rings (SSSR count). The highest BCUT2D eigenvalue weighted by Gasteiger charge is 2.20. The Bertz CT molecular complexity index is 690. The van der Waals surface area contributed by atoms with Gasteiger partial charge in [0.25, 0.3) is 0 Å². The summed E-state index contributed by atoms with van der Waals surface area (Å²) < 4.78 is 5.84. The molecule has 0 spiro atoms. The van der Waals surface area contributed by atoms with Crippen molar-refractivity contribution in [1.29, 1.82) is 0 Å². The molecule has 0 amide bonds. The van der Waals surface area contributed by atoms with Crippen molar-refractivity contribution in [1.82, 2.24) is 15.5 Å². The molecule has 0 saturated heterocycles. The minimum atomic E-state index is -0.0867. The van der Waals surface area contributed by atoms with E-state index in [1.54, 1.807) is 11.3 Å². The lowest BCUT2D eigenvalue weighted by atomic mass is 10.1. The summed E-state index contributed by atoms with van der Waals surface area (Å²) in [7, 11) is 1.89. The van der Waals surface area contributed by atoms with Gasteiger partial charge in [0.1, 0.15) is 6.04 Å². The van der Waals surface area contributed by atoms with Crippen LogP contribution < -0.4 is 5.32 Å². The molecule has 0 saturated carbocycles. The number of nitrogens with zero attached hydrogens (tertiary/aromatic N) is 2. The van der Waals surface area contributed by atoms with Crippen LogP contribution in [0.15, 0.2) is 45.5 Å². The first-order chi connectivity index (χ1) is 9.79. The van der Waals surface area contributed by atoms with Crippen LogP contribution in [0.25, 0.3) is 11.5 Å². The maximum atomic E-state index is 5.84. The van der Waals surface area contributed by atoms with E-state index in [9.17, 15) is 0 Å². The third-order valence-electron chi connectivity index (χ3n) is 3.20. The van der Waals surface area contributed by atoms with E-state index >= 15 is 0 Å². The summed E-state index contributed by atoms with van der Waals surface area (Å²) in [5.74, 6) is 1.16. The third kappa shape index (κ3) is 2.37. The van der Waals surface area contributed by atoms with Gasteiger partial charge in [0, 0.05) is 5.38 Å². The highest BCUT2D eigenvalue weighted by Crippen LogP contribution is 2.28. The lowest BCUT2D eigenvalue weighted by molar-refractivity contribution is 0.456. The number of aryl methyl sites for hydroxylation is 1. The van der Waals surface area contributed by atoms with E-state index in [0.29, 0.717) is 11.8 Å². The number of benzene rings is 1. The monoisotopic (exact) mass is 285 g/mol. The average molecular weight is 285 g/mol. The summed E-state index contributed by atoms with van der Waals surface area (Å²) in [6.45, 7) is 2.04. The molecule has 1 unspecified atom stereocenters. The van der Waals surface area contributed by atoms with Crippen molar-refractivity contribution < 1.29 is 4.42 Å². The molecular formula is C15H15N3OS. The van der Waals surface area contributed by atoms with Crippen molar-refractivity contribution in [2.45, 2.75) is 13.0 Å². The molecule has 0 aliphatic rings. The molecule has 1 atom stereocenters. The Morgan fingerprint density at radius 3 is 2.60 bits per heavy atom. The van der Waals surface area contributed by atoms with Crippen molar-refractivity contribution in [2.24, 2.45) is 0 Å². The highest BCUT2D eigenvalue weighted by atomic mass is 32.1. The molecule has 0 radical (unpaired) electrons. The number of thiophene rings is 1. The summed E-state index contributed by atoms with van der Waals surface area (Å²) in [5.41, 5.74) is 3.27. The Balaban J connectivity index is 1.95. The van der Waals surface area contributed by atoms with Gasteiger partial charge in [-0.2, -0.15) is 11.3 Å². The van der Waals surface area contributed by atoms with Crippen molar-refractivity contribution in [3.05, 3.63) is 58.1 Å². The third-order valence-corrected chi connectivity index (χ3v) is 4.06. The van der Waals surface area contributed by atoms with Gasteiger partial charge >= 0.3 is 0 Å². The predicted octanol–water partition coefficient (Wildman–Crippen LogP) is 3.42. The van der Waals surface area contributed by atoms with Gasteiger partial charge in [-0.1, -0.05) is 30.3 Å². The van der Waals surface area contributed by atoms with Crippen LogP contribution >= 0.6 is 11.3 Å². The molecule has 3 aromatic rings. The van der Waals surface area contributed by atoms with Gasteiger partial charge in [0.15, 0.2) is 0 Å². The molecule has 0 bridgehead atoms. The molecule has 20 heavy (non-hydrogen) atoms. The number of hydrogen-bond acceptors (Lipinski definition) is 5. The number of hydrogen-bond donors (Lipinski definition) is 1. The Morgan fingerprint density at radius 2 is 1.95 bits per heavy atom. The Labute approximate surface area is 121 Å². The van der Waals surface area contributed by atoms with Crippen LogP contribution in [-0.2, 0) is 0 Å². The van der Waals surface area contributed by atoms with Crippen molar-refractivity contribution in [3.63, 3.8) is 0 Å². The second kappa shape index (κ2) is 5.56. The van der Waals surface area contributed by atoms with Crippen LogP contribution in [0.4, 0.5) is 0 Å². The van der Waals surface area contributed by atoms with E-state index in [0.717, 1.165) is 16.7 Å². The van der Waals surface area contributed by atoms with Crippen molar-refractivity contribution in [2.75, 3.05) is 7.05 Å². The van der Waals surface area contributed by atoms with E-state index in [-0.39, 0.29) is 6.04 Å². The summed E-state index contributed by atoms with van der Waals surface area (Å²) in [4.78, 5) is 0. The second-order valence-corrected chi connectivity index (χ2v) is 5.29. The van der Waals surface area contributed by atoms with E-state index in [4.69, 9.17) is 4.42 Å². The Kier molecular flexibility index (Phi) is 3.62. The summed E-state index contributed by atoms with van der Waals surface area (Å²) in [6.07, 6.45) is 0. The van der Waals surface area contributed by atoms with Gasteiger partial charge in [0.2, 0.25) is 11.8 Å². The molecular weight excluding hydrogens is 270 g/mol. The first-order valence-electron chi connectivity index (χ1n) is 6.38. The quantitative estimate of drug-likeness (QED) is 0.798. The Morgan fingerprint density at radius 1 is 1.15 bits per heavy atom. The SMILES string of the molecule is CNC(c1ccccc1)c1nnc(-c2cscc2C)o1. The molecule has 0 aliphatic carbocycles. The first kappa shape index (κ1) is 13.0. The maximum Gasteiger partial charge on any atom is 0.248 e. The lowest BCUT2D eigenvalue weighted by Gasteiger charge is -2.11. The molecule has 4 nitrogen and oxygen atoms in total. The number of nitrogens with one attached hydrogen (secondary N) is 1. The zero-order valence-electron chi connectivity index (χ0n) is 11.3. The predicted molar refractivity (Wildman–Crippen MR) is 79.7 cm³/mol. The normalized spacial score (nSPS) is 12.5. The van der Waals surface area contributed by atoms with Crippen LogP contribution in [-0.4, -0.2) is 17.2 Å². The fourth-order valence-electron chi connectivity index (χ4n) is 2.12. The number of aromatic nitrogens is 2. The highest BCUT2D eigenvalue weighted by molar-refractivity contribution is 7.08. The molecule has 1 aromatic carbocycles. The molecule has 0 aliphatic heterocycles. The number of rotatable bonds is 4. The van der Waals surface area contributed by atoms with Crippen LogP contribution in [0.5, 0.6) is 0 Å². The summed E-state index contributed by atoms with van der Waals surface area (Å²) in [6, 6.07) is 9.99. The zero-order valence-corrected chi connectivity index (χ0v) is 12.1. The van der Waals surface area contributed by atoms with Crippen LogP contribution in [0, 0.1) is 6.92 Å². The average Bonchev–Trinajstić information content (AvgIpc) is 3.10. The van der Waals surface area contributed by atoms with E-state index in [1.807, 2.05) is 49.7 Å². The maximum absolute atomic E-state index is 5.84. The van der Waals surface area contributed by atoms with Crippen molar-refractivity contribution in [3.8, 4) is 11.5 Å². The van der Waals surface area contributed by atoms with Crippen LogP contribution in [0.3, 0.4) is 0 Å². The minimum Gasteiger partial charge on any atom is -0.419 e. The fraction of sp³-hybridized carbons (Fsp3) is 0.200. The molecule has 2 heterocycles. The first-order valence-corrected chi connectivity index (χ1v) is 7.32. The Hall–Kier alpha value is -1.98. The molecule has 2 aromatic heterocycles. The van der Waals surface area contributed by atoms with Gasteiger partial charge in [-0.15, -0.1) is 10.2 Å². The zero-order chi connectivity index (χ0) is 13.9. The second-order valence-electron chi connectivity index (χ2n) is 4.55. The fourth-order valence-corrected chi connectivity index (χ4v) is 2.94. The molecule has 0 fully saturated rings. The van der Waals surface area contributed by atoms with E-state index < -0.39 is 0 Å². The molecule has 5 heteroatoms. The minimum absolute atomic E-state index is 0.0867. The molecule has 1 N–H and O–H groups in total. The van der Waals surface area contributed by atoms with E-state index in [1.165, 1.54) is 0 Å².